The van der Waals surface area contributed by atoms with E-state index in [-0.39, 0.29) is 29.0 Å². The molecule has 0 saturated carbocycles. The van der Waals surface area contributed by atoms with E-state index in [0.717, 1.165) is 24.4 Å². The molecule has 0 spiro atoms. The summed E-state index contributed by atoms with van der Waals surface area (Å²) >= 11 is 6.01. The fourth-order valence-electron chi connectivity index (χ4n) is 4.47. The van der Waals surface area contributed by atoms with Crippen LogP contribution in [0.1, 0.15) is 30.9 Å². The minimum atomic E-state index is -4.54. The number of hydrogen-bond acceptors (Lipinski definition) is 6. The highest BCUT2D eigenvalue weighted by Crippen LogP contribution is 2.35. The summed E-state index contributed by atoms with van der Waals surface area (Å²) in [4.78, 5) is 9.67. The Hall–Kier alpha value is -2.83. The number of benzene rings is 1. The van der Waals surface area contributed by atoms with Crippen molar-refractivity contribution in [3.63, 3.8) is 0 Å². The molecule has 13 heteroatoms. The first-order valence-corrected chi connectivity index (χ1v) is 11.6. The van der Waals surface area contributed by atoms with Crippen molar-refractivity contribution in [2.45, 2.75) is 50.2 Å². The van der Waals surface area contributed by atoms with E-state index in [1.54, 1.807) is 6.92 Å². The Kier molecular flexibility index (Phi) is 7.48. The van der Waals surface area contributed by atoms with E-state index in [4.69, 9.17) is 11.6 Å². The first-order valence-electron chi connectivity index (χ1n) is 11.2. The van der Waals surface area contributed by atoms with Crippen molar-refractivity contribution in [2.75, 3.05) is 18.4 Å². The van der Waals surface area contributed by atoms with Crippen molar-refractivity contribution in [3.8, 4) is 0 Å². The van der Waals surface area contributed by atoms with Crippen LogP contribution in [0.5, 0.6) is 0 Å². The highest BCUT2D eigenvalue weighted by atomic mass is 35.5. The molecule has 0 aliphatic carbocycles. The molecule has 0 radical (unpaired) electrons. The van der Waals surface area contributed by atoms with E-state index in [0.29, 0.717) is 25.9 Å². The van der Waals surface area contributed by atoms with Crippen molar-refractivity contribution >= 4 is 17.4 Å². The Morgan fingerprint density at radius 2 is 1.92 bits per heavy atom. The first-order chi connectivity index (χ1) is 17.0. The lowest BCUT2D eigenvalue weighted by Gasteiger charge is -2.44. The van der Waals surface area contributed by atoms with Crippen molar-refractivity contribution in [3.05, 3.63) is 70.9 Å². The second-order valence-corrected chi connectivity index (χ2v) is 9.23. The maximum absolute atomic E-state index is 14.8. The van der Waals surface area contributed by atoms with Gasteiger partial charge < -0.3 is 10.4 Å². The maximum Gasteiger partial charge on any atom is 0.417 e. The van der Waals surface area contributed by atoms with Crippen LogP contribution in [0.3, 0.4) is 0 Å². The lowest BCUT2D eigenvalue weighted by atomic mass is 9.84. The van der Waals surface area contributed by atoms with Crippen LogP contribution in [0.15, 0.2) is 43.1 Å². The van der Waals surface area contributed by atoms with Crippen LogP contribution >= 0.6 is 11.6 Å². The summed E-state index contributed by atoms with van der Waals surface area (Å²) in [5.74, 6) is -1.47. The second kappa shape index (κ2) is 10.3. The monoisotopic (exact) mass is 530 g/mol. The van der Waals surface area contributed by atoms with Crippen molar-refractivity contribution in [1.29, 1.82) is 0 Å². The Balaban J connectivity index is 1.47. The number of pyridine rings is 1. The molecule has 2 aromatic heterocycles. The number of halogens is 6. The van der Waals surface area contributed by atoms with Gasteiger partial charge in [0.1, 0.15) is 35.7 Å². The summed E-state index contributed by atoms with van der Waals surface area (Å²) in [5, 5.41) is 18.7. The summed E-state index contributed by atoms with van der Waals surface area (Å²) in [6.07, 6.45) is 0.0136. The van der Waals surface area contributed by atoms with Gasteiger partial charge in [-0.1, -0.05) is 17.7 Å². The van der Waals surface area contributed by atoms with Gasteiger partial charge in [-0.05, 0) is 31.9 Å². The molecule has 1 fully saturated rings. The second-order valence-electron chi connectivity index (χ2n) is 8.82. The molecule has 0 bridgehead atoms. The van der Waals surface area contributed by atoms with E-state index < -0.39 is 35.0 Å². The molecule has 0 unspecified atom stereocenters. The molecular weight excluding hydrogens is 507 g/mol. The lowest BCUT2D eigenvalue weighted by Crippen LogP contribution is -2.55. The van der Waals surface area contributed by atoms with Gasteiger partial charge in [0.2, 0.25) is 0 Å². The average Bonchev–Trinajstić information content (AvgIpc) is 3.32. The van der Waals surface area contributed by atoms with Crippen LogP contribution in [0.4, 0.5) is 27.8 Å². The van der Waals surface area contributed by atoms with Crippen molar-refractivity contribution in [1.82, 2.24) is 24.6 Å². The minimum Gasteiger partial charge on any atom is -0.381 e. The van der Waals surface area contributed by atoms with E-state index in [1.165, 1.54) is 23.4 Å². The number of nitrogens with zero attached hydrogens (tertiary/aromatic N) is 5. The lowest BCUT2D eigenvalue weighted by molar-refractivity contribution is -0.137. The maximum atomic E-state index is 14.8. The number of piperidine rings is 1. The highest BCUT2D eigenvalue weighted by molar-refractivity contribution is 6.33. The first kappa shape index (κ1) is 26.2. The van der Waals surface area contributed by atoms with Crippen LogP contribution in [-0.2, 0) is 18.3 Å². The summed E-state index contributed by atoms with van der Waals surface area (Å²) < 4.78 is 68.3. The summed E-state index contributed by atoms with van der Waals surface area (Å²) in [5.41, 5.74) is -2.75. The quantitative estimate of drug-likeness (QED) is 0.439. The standard InChI is InChI=1S/C23H24ClF5N6O/c1-14(22(36,11-35-13-30-12-32-35)18-3-2-16(25)9-20(18)26)34-6-4-17(5-7-34)33-21-19(24)8-15(10-31-21)23(27,28)29/h2-3,8-10,12-14,17,36H,4-7,11H2,1H3,(H,31,33)/t14-,22-/m1/s1. The molecule has 1 aliphatic rings. The molecule has 2 N–H and O–H groups in total. The van der Waals surface area contributed by atoms with Crippen LogP contribution in [0.2, 0.25) is 5.02 Å². The van der Waals surface area contributed by atoms with Crippen LogP contribution in [0.25, 0.3) is 0 Å². The van der Waals surface area contributed by atoms with Crippen LogP contribution in [-0.4, -0.2) is 54.9 Å². The zero-order chi connectivity index (χ0) is 26.1. The van der Waals surface area contributed by atoms with Crippen LogP contribution in [0, 0.1) is 11.6 Å². The number of likely N-dealkylation sites (tertiary alicyclic amines) is 1. The number of hydrogen-bond donors (Lipinski definition) is 2. The third-order valence-electron chi connectivity index (χ3n) is 6.54. The molecule has 194 valence electrons. The van der Waals surface area contributed by atoms with E-state index in [2.05, 4.69) is 20.4 Å². The number of anilines is 1. The van der Waals surface area contributed by atoms with Crippen molar-refractivity contribution in [2.24, 2.45) is 0 Å². The number of rotatable bonds is 7. The predicted octanol–water partition coefficient (Wildman–Crippen LogP) is 4.48. The molecule has 3 aromatic rings. The Morgan fingerprint density at radius 1 is 1.19 bits per heavy atom. The van der Waals surface area contributed by atoms with Gasteiger partial charge in [-0.15, -0.1) is 0 Å². The summed E-state index contributed by atoms with van der Waals surface area (Å²) in [6.45, 7) is 2.61. The molecule has 1 aromatic carbocycles. The minimum absolute atomic E-state index is 0.0621. The van der Waals surface area contributed by atoms with Gasteiger partial charge in [-0.3, -0.25) is 4.90 Å². The third kappa shape index (κ3) is 5.60. The normalized spacial score (nSPS) is 18.1. The highest BCUT2D eigenvalue weighted by Gasteiger charge is 2.43. The topological polar surface area (TPSA) is 79.1 Å². The van der Waals surface area contributed by atoms with Gasteiger partial charge in [0, 0.05) is 43.0 Å². The SMILES string of the molecule is C[C@@H](N1CCC(Nc2ncc(C(F)(F)F)cc2Cl)CC1)[C@](O)(Cn1cncn1)c1ccc(F)cc1F. The molecular formula is C23H24ClF5N6O. The van der Waals surface area contributed by atoms with Crippen molar-refractivity contribution < 1.29 is 27.1 Å². The van der Waals surface area contributed by atoms with Gasteiger partial charge in [-0.2, -0.15) is 18.3 Å². The van der Waals surface area contributed by atoms with Gasteiger partial charge in [0.05, 0.1) is 17.1 Å². The average molecular weight is 531 g/mol. The van der Waals surface area contributed by atoms with E-state index in [9.17, 15) is 27.1 Å². The zero-order valence-corrected chi connectivity index (χ0v) is 19.9. The Labute approximate surface area is 208 Å². The smallest absolute Gasteiger partial charge is 0.381 e. The van der Waals surface area contributed by atoms with Gasteiger partial charge >= 0.3 is 6.18 Å². The molecule has 4 rings (SSSR count). The van der Waals surface area contributed by atoms with Gasteiger partial charge in [-0.25, -0.2) is 23.4 Å². The number of nitrogens with one attached hydrogen (secondary N) is 1. The fourth-order valence-corrected chi connectivity index (χ4v) is 4.69. The molecule has 36 heavy (non-hydrogen) atoms. The number of aromatic nitrogens is 4. The summed E-state index contributed by atoms with van der Waals surface area (Å²) in [6, 6.07) is 3.15. The molecule has 0 amide bonds. The zero-order valence-electron chi connectivity index (χ0n) is 19.2. The van der Waals surface area contributed by atoms with E-state index >= 15 is 0 Å². The predicted molar refractivity (Wildman–Crippen MR) is 122 cm³/mol. The largest absolute Gasteiger partial charge is 0.417 e. The van der Waals surface area contributed by atoms with Crippen LogP contribution < -0.4 is 5.32 Å². The van der Waals surface area contributed by atoms with Gasteiger partial charge in [0.15, 0.2) is 0 Å². The Bertz CT molecular complexity index is 1190. The van der Waals surface area contributed by atoms with Gasteiger partial charge in [0.25, 0.3) is 0 Å². The molecule has 7 nitrogen and oxygen atoms in total. The Morgan fingerprint density at radius 3 is 2.50 bits per heavy atom. The molecule has 2 atom stereocenters. The van der Waals surface area contributed by atoms with E-state index in [1.807, 2.05) is 4.90 Å². The molecule has 1 saturated heterocycles. The third-order valence-corrected chi connectivity index (χ3v) is 6.83. The number of alkyl halides is 3. The molecule has 1 aliphatic heterocycles. The summed E-state index contributed by atoms with van der Waals surface area (Å²) in [7, 11) is 0. The number of aliphatic hydroxyl groups is 1. The fraction of sp³-hybridized carbons (Fsp3) is 0.435. The molecule has 3 heterocycles.